The summed E-state index contributed by atoms with van der Waals surface area (Å²) in [5, 5.41) is 28.0. The molecular formula is Ag2HgO4. The van der Waals surface area contributed by atoms with E-state index >= 15 is 0 Å². The van der Waals surface area contributed by atoms with Gasteiger partial charge >= 0.3 is 72.4 Å². The van der Waals surface area contributed by atoms with E-state index < -0.39 is 0 Å². The van der Waals surface area contributed by atoms with Crippen LogP contribution in [0, 0.1) is 0 Å². The van der Waals surface area contributed by atoms with Crippen LogP contribution in [0.25, 0.3) is 0 Å². The van der Waals surface area contributed by atoms with Gasteiger partial charge in [0.05, 0.1) is 0 Å². The van der Waals surface area contributed by atoms with Crippen molar-refractivity contribution in [1.82, 2.24) is 0 Å². The predicted molar refractivity (Wildman–Crippen MR) is 0 cm³/mol. The van der Waals surface area contributed by atoms with Crippen molar-refractivity contribution in [3.8, 4) is 0 Å². The van der Waals surface area contributed by atoms with Crippen molar-refractivity contribution in [1.29, 1.82) is 0 Å². The Labute approximate surface area is 92.3 Å². The minimum Gasteiger partial charge on any atom is -1.00 e. The normalized spacial score (nSPS) is 1.71. The Hall–Kier alpha value is 2.26. The molecule has 0 radical (unpaired) electrons. The summed E-state index contributed by atoms with van der Waals surface area (Å²) in [6.07, 6.45) is 0. The van der Waals surface area contributed by atoms with E-state index in [2.05, 4.69) is 0 Å². The van der Waals surface area contributed by atoms with Gasteiger partial charge in [-0.15, -0.1) is 0 Å². The molecule has 48 valence electrons. The first kappa shape index (κ1) is 34.8. The SMILES string of the molecule is [Ag+].[Ag+].[Hg+2].[O-][O-].[O-][O-]. The summed E-state index contributed by atoms with van der Waals surface area (Å²) in [6, 6.07) is 0. The first-order valence-corrected chi connectivity index (χ1v) is 0.333. The molecule has 0 saturated carbocycles. The molecule has 0 aliphatic heterocycles. The Kier molecular flexibility index (Phi) is 425. The first-order valence-electron chi connectivity index (χ1n) is 0.333. The third-order valence-corrected chi connectivity index (χ3v) is 0. The molecule has 0 N–H and O–H groups in total. The molecule has 0 aromatic heterocycles. The van der Waals surface area contributed by atoms with Crippen molar-refractivity contribution in [3.63, 3.8) is 0 Å². The van der Waals surface area contributed by atoms with Crippen LogP contribution in [0.3, 0.4) is 0 Å². The summed E-state index contributed by atoms with van der Waals surface area (Å²) in [4.78, 5) is 0. The Morgan fingerprint density at radius 3 is 0.571 bits per heavy atom. The Morgan fingerprint density at radius 1 is 0.571 bits per heavy atom. The molecule has 7 heavy (non-hydrogen) atoms. The largest absolute Gasteiger partial charge is 2.00 e. The van der Waals surface area contributed by atoms with Crippen molar-refractivity contribution in [3.05, 3.63) is 0 Å². The van der Waals surface area contributed by atoms with Crippen LogP contribution in [0.5, 0.6) is 0 Å². The second-order valence-corrected chi connectivity index (χ2v) is 0. The number of rotatable bonds is 0. The molecule has 0 fully saturated rings. The van der Waals surface area contributed by atoms with Crippen LogP contribution in [0.4, 0.5) is 0 Å². The Bertz CT molecular complexity index is 9.65. The molecule has 4 nitrogen and oxygen atoms in total. The van der Waals surface area contributed by atoms with Gasteiger partial charge in [0.15, 0.2) is 0 Å². The van der Waals surface area contributed by atoms with Crippen LogP contribution >= 0.6 is 0 Å². The van der Waals surface area contributed by atoms with Gasteiger partial charge in [-0.1, -0.05) is 0 Å². The zero-order valence-corrected chi connectivity index (χ0v) is 11.4. The van der Waals surface area contributed by atoms with Gasteiger partial charge in [0.1, 0.15) is 0 Å². The van der Waals surface area contributed by atoms with Gasteiger partial charge in [-0.3, -0.25) is 0 Å². The van der Waals surface area contributed by atoms with Gasteiger partial charge in [0.25, 0.3) is 0 Å². The number of hydrogen-bond acceptors (Lipinski definition) is 4. The topological polar surface area (TPSA) is 92.2 Å². The molecule has 0 unspecified atom stereocenters. The Morgan fingerprint density at radius 2 is 0.571 bits per heavy atom. The van der Waals surface area contributed by atoms with Crippen molar-refractivity contribution in [2.75, 3.05) is 0 Å². The average Bonchev–Trinajstić information content (AvgIpc) is 1.50. The van der Waals surface area contributed by atoms with E-state index in [4.69, 9.17) is 21.0 Å². The van der Waals surface area contributed by atoms with Crippen molar-refractivity contribution >= 4 is 0 Å². The number of hydrogen-bond donors (Lipinski definition) is 0. The molecule has 0 aromatic carbocycles. The third-order valence-electron chi connectivity index (χ3n) is 0. The standard InChI is InChI=1S/2Ag.Hg.2O2/c;;;2*1-2/q2*+1;+2;2*-2. The predicted octanol–water partition coefficient (Wildman–Crippen LogP) is -4.76. The molecule has 0 aliphatic rings. The summed E-state index contributed by atoms with van der Waals surface area (Å²) in [7, 11) is 0. The second kappa shape index (κ2) is 85.4. The quantitative estimate of drug-likeness (QED) is 0.198. The van der Waals surface area contributed by atoms with Crippen molar-refractivity contribution < 1.29 is 93.5 Å². The summed E-state index contributed by atoms with van der Waals surface area (Å²) in [5.74, 6) is 0. The van der Waals surface area contributed by atoms with E-state index in [1.54, 1.807) is 0 Å². The van der Waals surface area contributed by atoms with Crippen molar-refractivity contribution in [2.24, 2.45) is 0 Å². The molecule has 0 amide bonds. The van der Waals surface area contributed by atoms with Gasteiger partial charge in [-0.05, 0) is 0 Å². The minimum absolute atomic E-state index is 0. The zero-order valence-electron chi connectivity index (χ0n) is 2.94. The molecule has 7 heteroatoms. The molecule has 0 bridgehead atoms. The van der Waals surface area contributed by atoms with Gasteiger partial charge in [0.2, 0.25) is 0 Å². The average molecular weight is 480 g/mol. The third kappa shape index (κ3) is 63.5. The fourth-order valence-electron chi connectivity index (χ4n) is 0. The summed E-state index contributed by atoms with van der Waals surface area (Å²) in [6.45, 7) is 0. The first-order chi connectivity index (χ1) is 2.00. The maximum atomic E-state index is 7.00. The van der Waals surface area contributed by atoms with E-state index in [0.29, 0.717) is 0 Å². The van der Waals surface area contributed by atoms with Crippen LogP contribution in [0.2, 0.25) is 0 Å². The summed E-state index contributed by atoms with van der Waals surface area (Å²) >= 11 is 0. The second-order valence-electron chi connectivity index (χ2n) is 0. The zero-order chi connectivity index (χ0) is 4.00. The fourth-order valence-corrected chi connectivity index (χ4v) is 0. The van der Waals surface area contributed by atoms with Crippen molar-refractivity contribution in [2.45, 2.75) is 0 Å². The molecule has 0 atom stereocenters. The molecular weight excluding hydrogens is 480 g/mol. The van der Waals surface area contributed by atoms with E-state index in [1.807, 2.05) is 0 Å². The fraction of sp³-hybridized carbons (Fsp3) is 0. The van der Waals surface area contributed by atoms with Crippen LogP contribution in [0.1, 0.15) is 0 Å². The molecule has 0 rings (SSSR count). The van der Waals surface area contributed by atoms with Gasteiger partial charge in [0, 0.05) is 0 Å². The van der Waals surface area contributed by atoms with E-state index in [-0.39, 0.29) is 72.4 Å². The maximum absolute atomic E-state index is 7.00. The molecule has 0 saturated heterocycles. The molecule has 0 aliphatic carbocycles. The van der Waals surface area contributed by atoms with Gasteiger partial charge < -0.3 is 21.0 Å². The van der Waals surface area contributed by atoms with Gasteiger partial charge in [-0.2, -0.15) is 0 Å². The summed E-state index contributed by atoms with van der Waals surface area (Å²) < 4.78 is 0. The van der Waals surface area contributed by atoms with Crippen LogP contribution in [0.15, 0.2) is 0 Å². The summed E-state index contributed by atoms with van der Waals surface area (Å²) in [5.41, 5.74) is 0. The molecule has 0 aromatic rings. The molecule has 0 spiro atoms. The molecule has 0 heterocycles. The van der Waals surface area contributed by atoms with E-state index in [0.717, 1.165) is 0 Å². The minimum atomic E-state index is 0. The van der Waals surface area contributed by atoms with Crippen LogP contribution < -0.4 is 21.0 Å². The van der Waals surface area contributed by atoms with Gasteiger partial charge in [-0.25, -0.2) is 0 Å². The van der Waals surface area contributed by atoms with Crippen LogP contribution in [-0.4, -0.2) is 0 Å². The smallest absolute Gasteiger partial charge is 1.00 e. The monoisotopic (exact) mass is 480 g/mol. The maximum Gasteiger partial charge on any atom is 2.00 e. The Balaban J connectivity index is -0.00000000267. The van der Waals surface area contributed by atoms with E-state index in [1.165, 1.54) is 0 Å². The van der Waals surface area contributed by atoms with E-state index in [9.17, 15) is 0 Å². The van der Waals surface area contributed by atoms with Crippen LogP contribution in [-0.2, 0) is 72.4 Å².